The van der Waals surface area contributed by atoms with Crippen LogP contribution in [-0.2, 0) is 11.3 Å². The van der Waals surface area contributed by atoms with Crippen LogP contribution < -0.4 is 28.1 Å². The molecule has 12 heteroatoms. The van der Waals surface area contributed by atoms with Gasteiger partial charge in [-0.25, -0.2) is 9.97 Å². The molecule has 11 nitrogen and oxygen atoms in total. The molecule has 0 aliphatic rings. The molecule has 0 saturated carbocycles. The number of aryl methyl sites for hydroxylation is 1. The molecule has 1 atom stereocenters. The number of Topliss-reactive ketones (excluding diaryl/α,β-unsaturated/α-hetero) is 1. The highest BCUT2D eigenvalue weighted by Gasteiger charge is 2.24. The molecule has 34 heavy (non-hydrogen) atoms. The summed E-state index contributed by atoms with van der Waals surface area (Å²) in [5.74, 6) is -0.622. The number of nitrogens with one attached hydrogen (secondary N) is 1. The summed E-state index contributed by atoms with van der Waals surface area (Å²) in [7, 11) is 0. The third-order valence-electron chi connectivity index (χ3n) is 4.89. The number of hydrogen-bond acceptors (Lipinski definition) is 8. The van der Waals surface area contributed by atoms with E-state index < -0.39 is 17.5 Å². The van der Waals surface area contributed by atoms with Crippen molar-refractivity contribution in [1.82, 2.24) is 19.9 Å². The molecule has 0 aliphatic carbocycles. The number of carbonyl (C=O) groups is 2. The molecule has 0 aliphatic heterocycles. The van der Waals surface area contributed by atoms with E-state index in [9.17, 15) is 14.4 Å². The lowest BCUT2D eigenvalue weighted by Crippen LogP contribution is -2.44. The van der Waals surface area contributed by atoms with Gasteiger partial charge in [-0.15, -0.1) is 11.3 Å². The average Bonchev–Trinajstić information content (AvgIpc) is 3.33. The normalized spacial score (nSPS) is 11.6. The Labute approximate surface area is 199 Å². The second-order valence-corrected chi connectivity index (χ2v) is 8.46. The molecule has 3 rings (SSSR count). The van der Waals surface area contributed by atoms with Gasteiger partial charge in [0.1, 0.15) is 18.1 Å². The van der Waals surface area contributed by atoms with Gasteiger partial charge in [0.2, 0.25) is 11.7 Å². The van der Waals surface area contributed by atoms with Gasteiger partial charge >= 0.3 is 0 Å². The Morgan fingerprint density at radius 3 is 2.74 bits per heavy atom. The van der Waals surface area contributed by atoms with Crippen LogP contribution in [0.2, 0.25) is 0 Å². The van der Waals surface area contributed by atoms with Crippen molar-refractivity contribution in [3.63, 3.8) is 0 Å². The molecule has 0 unspecified atom stereocenters. The van der Waals surface area contributed by atoms with Crippen LogP contribution in [0, 0.1) is 6.92 Å². The van der Waals surface area contributed by atoms with Crippen molar-refractivity contribution in [1.29, 1.82) is 0 Å². The number of thiazole rings is 1. The number of guanidine groups is 1. The second kappa shape index (κ2) is 11.2. The Balaban J connectivity index is 1.83. The zero-order chi connectivity index (χ0) is 24.7. The summed E-state index contributed by atoms with van der Waals surface area (Å²) >= 11 is 1.18. The smallest absolute Gasteiger partial charge is 0.277 e. The topological polar surface area (TPSA) is 184 Å². The number of amides is 1. The van der Waals surface area contributed by atoms with Crippen molar-refractivity contribution in [2.45, 2.75) is 32.4 Å². The molecule has 178 valence electrons. The summed E-state index contributed by atoms with van der Waals surface area (Å²) in [5, 5.41) is 4.67. The fourth-order valence-electron chi connectivity index (χ4n) is 3.32. The van der Waals surface area contributed by atoms with Gasteiger partial charge in [-0.2, -0.15) is 0 Å². The zero-order valence-corrected chi connectivity index (χ0v) is 19.4. The average molecular weight is 483 g/mol. The first-order valence-corrected chi connectivity index (χ1v) is 11.3. The fraction of sp³-hybridized carbons (Fsp3) is 0.273. The predicted molar refractivity (Wildman–Crippen MR) is 131 cm³/mol. The highest BCUT2D eigenvalue weighted by atomic mass is 32.1. The van der Waals surface area contributed by atoms with Gasteiger partial charge in [0.15, 0.2) is 11.0 Å². The van der Waals surface area contributed by atoms with Gasteiger partial charge in [-0.3, -0.25) is 23.9 Å². The third-order valence-corrected chi connectivity index (χ3v) is 5.68. The maximum Gasteiger partial charge on any atom is 0.277 e. The molecule has 0 fully saturated rings. The molecule has 0 bridgehead atoms. The Morgan fingerprint density at radius 1 is 1.26 bits per heavy atom. The number of anilines is 1. The van der Waals surface area contributed by atoms with E-state index in [2.05, 4.69) is 20.3 Å². The predicted octanol–water partition coefficient (Wildman–Crippen LogP) is 0.679. The van der Waals surface area contributed by atoms with Crippen molar-refractivity contribution in [3.8, 4) is 11.4 Å². The Morgan fingerprint density at radius 2 is 2.06 bits per heavy atom. The van der Waals surface area contributed by atoms with Gasteiger partial charge in [0.25, 0.3) is 5.56 Å². The molecule has 2 heterocycles. The standard InChI is InChI=1S/C22H26N8O3S/c1-13-4-2-5-14(10-13)19-28-11-15(23)21(33)30(19)12-17(31)29-16(6-3-7-27-22(24)25)18(32)20-26-8-9-34-20/h2,4-5,8-11,16H,3,6-7,12,23H2,1H3,(H,29,31)(H4,24,25,27)/t16-/m0/s1. The number of benzene rings is 1. The van der Waals surface area contributed by atoms with Gasteiger partial charge in [-0.1, -0.05) is 23.8 Å². The minimum Gasteiger partial charge on any atom is -0.393 e. The van der Waals surface area contributed by atoms with Crippen molar-refractivity contribution in [2.75, 3.05) is 12.3 Å². The molecule has 3 aromatic rings. The van der Waals surface area contributed by atoms with Crippen molar-refractivity contribution >= 4 is 34.7 Å². The highest BCUT2D eigenvalue weighted by molar-refractivity contribution is 7.11. The molecule has 0 radical (unpaired) electrons. The lowest BCUT2D eigenvalue weighted by atomic mass is 10.1. The molecule has 1 amide bonds. The van der Waals surface area contributed by atoms with E-state index in [-0.39, 0.29) is 35.4 Å². The summed E-state index contributed by atoms with van der Waals surface area (Å²) in [6, 6.07) is 6.52. The third kappa shape index (κ3) is 6.25. The summed E-state index contributed by atoms with van der Waals surface area (Å²) < 4.78 is 1.20. The van der Waals surface area contributed by atoms with Crippen molar-refractivity contribution < 1.29 is 9.59 Å². The number of ketones is 1. The first-order valence-electron chi connectivity index (χ1n) is 10.5. The quantitative estimate of drug-likeness (QED) is 0.141. The highest BCUT2D eigenvalue weighted by Crippen LogP contribution is 2.18. The summed E-state index contributed by atoms with van der Waals surface area (Å²) in [4.78, 5) is 50.9. The Kier molecular flexibility index (Phi) is 8.09. The molecule has 2 aromatic heterocycles. The first-order chi connectivity index (χ1) is 16.3. The molecule has 1 aromatic carbocycles. The zero-order valence-electron chi connectivity index (χ0n) is 18.6. The number of nitrogens with two attached hydrogens (primary N) is 3. The van der Waals surface area contributed by atoms with Crippen LogP contribution in [0.1, 0.15) is 28.2 Å². The maximum absolute atomic E-state index is 13.0. The first kappa shape index (κ1) is 24.6. The van der Waals surface area contributed by atoms with Crippen molar-refractivity contribution in [2.24, 2.45) is 16.5 Å². The van der Waals surface area contributed by atoms with Crippen LogP contribution in [0.3, 0.4) is 0 Å². The largest absolute Gasteiger partial charge is 0.393 e. The van der Waals surface area contributed by atoms with Crippen LogP contribution in [0.5, 0.6) is 0 Å². The second-order valence-electron chi connectivity index (χ2n) is 7.57. The van der Waals surface area contributed by atoms with Crippen LogP contribution in [0.25, 0.3) is 11.4 Å². The molecular weight excluding hydrogens is 456 g/mol. The van der Waals surface area contributed by atoms with Crippen LogP contribution >= 0.6 is 11.3 Å². The molecule has 7 N–H and O–H groups in total. The van der Waals surface area contributed by atoms with Gasteiger partial charge in [0.05, 0.1) is 12.2 Å². The Hall–Kier alpha value is -4.06. The SMILES string of the molecule is Cc1cccc(-c2ncc(N)c(=O)n2CC(=O)N[C@@H](CCCN=C(N)N)C(=O)c2nccs2)c1. The summed E-state index contributed by atoms with van der Waals surface area (Å²) in [6.45, 7) is 1.85. The lowest BCUT2D eigenvalue weighted by Gasteiger charge is -2.18. The van der Waals surface area contributed by atoms with Gasteiger partial charge < -0.3 is 22.5 Å². The van der Waals surface area contributed by atoms with Gasteiger partial charge in [-0.05, 0) is 25.8 Å². The number of nitrogen functional groups attached to an aromatic ring is 1. The number of carbonyl (C=O) groups excluding carboxylic acids is 2. The number of rotatable bonds is 10. The molecule has 0 spiro atoms. The summed E-state index contributed by atoms with van der Waals surface area (Å²) in [6.07, 6.45) is 3.53. The molecule has 0 saturated heterocycles. The fourth-order valence-corrected chi connectivity index (χ4v) is 3.95. The maximum atomic E-state index is 13.0. The van der Waals surface area contributed by atoms with Crippen LogP contribution in [0.4, 0.5) is 5.69 Å². The van der Waals surface area contributed by atoms with E-state index in [0.717, 1.165) is 5.56 Å². The van der Waals surface area contributed by atoms with Crippen LogP contribution in [-0.4, -0.2) is 44.8 Å². The Bertz CT molecular complexity index is 1250. The lowest BCUT2D eigenvalue weighted by molar-refractivity contribution is -0.122. The minimum absolute atomic E-state index is 0.0518. The summed E-state index contributed by atoms with van der Waals surface area (Å²) in [5.41, 5.74) is 17.5. The van der Waals surface area contributed by atoms with E-state index in [4.69, 9.17) is 17.2 Å². The number of aromatic nitrogens is 3. The minimum atomic E-state index is -0.861. The number of hydrogen-bond donors (Lipinski definition) is 4. The van der Waals surface area contributed by atoms with Crippen LogP contribution in [0.15, 0.2) is 51.8 Å². The molecular formula is C22H26N8O3S. The van der Waals surface area contributed by atoms with Crippen molar-refractivity contribution in [3.05, 3.63) is 63.0 Å². The van der Waals surface area contributed by atoms with E-state index in [1.165, 1.54) is 28.3 Å². The monoisotopic (exact) mass is 482 g/mol. The number of aliphatic imine (C=N–C) groups is 1. The van der Waals surface area contributed by atoms with E-state index >= 15 is 0 Å². The van der Waals surface area contributed by atoms with E-state index in [1.807, 2.05) is 25.1 Å². The van der Waals surface area contributed by atoms with E-state index in [0.29, 0.717) is 24.4 Å². The van der Waals surface area contributed by atoms with E-state index in [1.54, 1.807) is 11.4 Å². The number of nitrogens with zero attached hydrogens (tertiary/aromatic N) is 4. The van der Waals surface area contributed by atoms with Gasteiger partial charge in [0, 0.05) is 23.7 Å².